The number of carbonyl (C=O) groups excluding carboxylic acids is 1. The third-order valence-electron chi connectivity index (χ3n) is 4.51. The zero-order valence-corrected chi connectivity index (χ0v) is 17.2. The molecule has 2 N–H and O–H groups in total. The number of sulfone groups is 1. The molecule has 0 spiro atoms. The molecule has 0 unspecified atom stereocenters. The van der Waals surface area contributed by atoms with Crippen LogP contribution in [0.3, 0.4) is 0 Å². The molecule has 1 amide bonds. The lowest BCUT2D eigenvalue weighted by Crippen LogP contribution is -2.35. The fraction of sp³-hybridized carbons (Fsp3) is 0.611. The number of anilines is 1. The van der Waals surface area contributed by atoms with Crippen LogP contribution in [0.5, 0.6) is 0 Å². The highest BCUT2D eigenvalue weighted by Gasteiger charge is 2.31. The summed E-state index contributed by atoms with van der Waals surface area (Å²) in [7, 11) is -6.95. The summed E-state index contributed by atoms with van der Waals surface area (Å²) < 4.78 is 50.1. The van der Waals surface area contributed by atoms with Crippen molar-refractivity contribution in [3.63, 3.8) is 0 Å². The second-order valence-electron chi connectivity index (χ2n) is 6.96. The van der Waals surface area contributed by atoms with E-state index in [1.165, 1.54) is 30.7 Å². The maximum Gasteiger partial charge on any atom is 0.240 e. The first-order valence-electron chi connectivity index (χ1n) is 9.34. The van der Waals surface area contributed by atoms with Crippen LogP contribution in [0.2, 0.25) is 0 Å². The van der Waals surface area contributed by atoms with Crippen molar-refractivity contribution in [1.82, 2.24) is 4.72 Å². The number of benzene rings is 1. The first kappa shape index (κ1) is 21.8. The molecule has 0 aliphatic carbocycles. The maximum atomic E-state index is 12.4. The van der Waals surface area contributed by atoms with E-state index in [-0.39, 0.29) is 28.7 Å². The van der Waals surface area contributed by atoms with E-state index in [2.05, 4.69) is 17.0 Å². The molecule has 0 radical (unpaired) electrons. The van der Waals surface area contributed by atoms with Gasteiger partial charge in [-0.3, -0.25) is 4.79 Å². The number of amides is 1. The number of sulfonamides is 1. The molecule has 1 saturated heterocycles. The standard InChI is InChI=1S/C18H28N2O5S2/c1-2-3-4-5-6-7-18(21)19-15-8-10-17(11-9-15)27(24,25)20-16-12-13-26(22,23)14-16/h8-11,16,20H,2-7,12-14H2,1H3,(H,19,21)/t16-/m1/s1. The summed E-state index contributed by atoms with van der Waals surface area (Å²) in [6.45, 7) is 2.14. The number of carbonyl (C=O) groups is 1. The van der Waals surface area contributed by atoms with Gasteiger partial charge in [-0.05, 0) is 37.1 Å². The van der Waals surface area contributed by atoms with Crippen molar-refractivity contribution in [2.24, 2.45) is 0 Å². The molecular formula is C18H28N2O5S2. The molecule has 0 saturated carbocycles. The highest BCUT2D eigenvalue weighted by atomic mass is 32.2. The molecule has 1 aliphatic heterocycles. The third kappa shape index (κ3) is 7.23. The van der Waals surface area contributed by atoms with E-state index < -0.39 is 25.9 Å². The molecule has 152 valence electrons. The lowest BCUT2D eigenvalue weighted by atomic mass is 10.1. The van der Waals surface area contributed by atoms with Crippen LogP contribution in [0.15, 0.2) is 29.2 Å². The lowest BCUT2D eigenvalue weighted by Gasteiger charge is -2.12. The van der Waals surface area contributed by atoms with E-state index in [9.17, 15) is 21.6 Å². The summed E-state index contributed by atoms with van der Waals surface area (Å²) in [4.78, 5) is 12.0. The Morgan fingerprint density at radius 1 is 1.11 bits per heavy atom. The van der Waals surface area contributed by atoms with E-state index in [1.54, 1.807) is 0 Å². The lowest BCUT2D eigenvalue weighted by molar-refractivity contribution is -0.116. The Morgan fingerprint density at radius 3 is 2.37 bits per heavy atom. The van der Waals surface area contributed by atoms with Crippen molar-refractivity contribution in [2.45, 2.75) is 62.8 Å². The van der Waals surface area contributed by atoms with Crippen molar-refractivity contribution < 1.29 is 21.6 Å². The summed E-state index contributed by atoms with van der Waals surface area (Å²) in [5.74, 6) is -0.251. The van der Waals surface area contributed by atoms with E-state index >= 15 is 0 Å². The highest BCUT2D eigenvalue weighted by molar-refractivity contribution is 7.92. The monoisotopic (exact) mass is 416 g/mol. The van der Waals surface area contributed by atoms with Gasteiger partial charge in [-0.15, -0.1) is 0 Å². The Labute approximate surface area is 161 Å². The van der Waals surface area contributed by atoms with Crippen LogP contribution in [0.1, 0.15) is 51.9 Å². The number of nitrogens with one attached hydrogen (secondary N) is 2. The average Bonchev–Trinajstić information content (AvgIpc) is 2.93. The third-order valence-corrected chi connectivity index (χ3v) is 7.81. The summed E-state index contributed by atoms with van der Waals surface area (Å²) in [5, 5.41) is 2.76. The van der Waals surface area contributed by atoms with E-state index in [4.69, 9.17) is 0 Å². The number of unbranched alkanes of at least 4 members (excludes halogenated alkanes) is 4. The number of hydrogen-bond acceptors (Lipinski definition) is 5. The van der Waals surface area contributed by atoms with Crippen LogP contribution in [0.4, 0.5) is 5.69 Å². The van der Waals surface area contributed by atoms with Gasteiger partial charge in [0.05, 0.1) is 16.4 Å². The molecule has 27 heavy (non-hydrogen) atoms. The van der Waals surface area contributed by atoms with E-state index in [0.717, 1.165) is 25.7 Å². The van der Waals surface area contributed by atoms with Crippen LogP contribution in [-0.2, 0) is 24.7 Å². The molecule has 0 bridgehead atoms. The zero-order chi connectivity index (χ0) is 19.9. The molecule has 1 aliphatic rings. The second-order valence-corrected chi connectivity index (χ2v) is 10.9. The largest absolute Gasteiger partial charge is 0.326 e. The molecule has 0 aromatic heterocycles. The smallest absolute Gasteiger partial charge is 0.240 e. The van der Waals surface area contributed by atoms with Gasteiger partial charge < -0.3 is 5.32 Å². The predicted octanol–water partition coefficient (Wildman–Crippen LogP) is 2.45. The first-order chi connectivity index (χ1) is 12.7. The first-order valence-corrected chi connectivity index (χ1v) is 12.6. The van der Waals surface area contributed by atoms with Gasteiger partial charge in [0.15, 0.2) is 9.84 Å². The molecular weight excluding hydrogens is 388 g/mol. The SMILES string of the molecule is CCCCCCCC(=O)Nc1ccc(S(=O)(=O)N[C@@H]2CCS(=O)(=O)C2)cc1. The Bertz CT molecular complexity index is 833. The zero-order valence-electron chi connectivity index (χ0n) is 15.6. The molecule has 2 rings (SSSR count). The van der Waals surface area contributed by atoms with Gasteiger partial charge in [-0.25, -0.2) is 21.6 Å². The van der Waals surface area contributed by atoms with E-state index in [1.807, 2.05) is 0 Å². The molecule has 1 aromatic carbocycles. The normalized spacial score (nSPS) is 19.1. The highest BCUT2D eigenvalue weighted by Crippen LogP contribution is 2.18. The summed E-state index contributed by atoms with van der Waals surface area (Å²) in [6, 6.07) is 5.29. The molecule has 9 heteroatoms. The fourth-order valence-electron chi connectivity index (χ4n) is 3.01. The quantitative estimate of drug-likeness (QED) is 0.569. The Kier molecular flexibility index (Phi) is 7.81. The van der Waals surface area contributed by atoms with E-state index in [0.29, 0.717) is 12.1 Å². The summed E-state index contributed by atoms with van der Waals surface area (Å²) in [5.41, 5.74) is 0.538. The van der Waals surface area contributed by atoms with Crippen LogP contribution in [0, 0.1) is 0 Å². The van der Waals surface area contributed by atoms with Gasteiger partial charge in [-0.1, -0.05) is 32.6 Å². The molecule has 1 fully saturated rings. The minimum atomic E-state index is -3.79. The van der Waals surface area contributed by atoms with Gasteiger partial charge in [0.2, 0.25) is 15.9 Å². The Balaban J connectivity index is 1.85. The van der Waals surface area contributed by atoms with Gasteiger partial charge in [0.1, 0.15) is 0 Å². The summed E-state index contributed by atoms with van der Waals surface area (Å²) in [6.07, 6.45) is 6.07. The van der Waals surface area contributed by atoms with Gasteiger partial charge in [-0.2, -0.15) is 0 Å². The Morgan fingerprint density at radius 2 is 1.78 bits per heavy atom. The summed E-state index contributed by atoms with van der Waals surface area (Å²) >= 11 is 0. The minimum Gasteiger partial charge on any atom is -0.326 e. The van der Waals surface area contributed by atoms with Gasteiger partial charge >= 0.3 is 0 Å². The van der Waals surface area contributed by atoms with Crippen molar-refractivity contribution in [1.29, 1.82) is 0 Å². The van der Waals surface area contributed by atoms with Crippen LogP contribution >= 0.6 is 0 Å². The van der Waals surface area contributed by atoms with Crippen LogP contribution < -0.4 is 10.0 Å². The average molecular weight is 417 g/mol. The van der Waals surface area contributed by atoms with Crippen molar-refractivity contribution in [3.8, 4) is 0 Å². The topological polar surface area (TPSA) is 109 Å². The minimum absolute atomic E-state index is 0.00357. The number of hydrogen-bond donors (Lipinski definition) is 2. The van der Waals surface area contributed by atoms with Gasteiger partial charge in [0, 0.05) is 18.2 Å². The molecule has 1 atom stereocenters. The second kappa shape index (κ2) is 9.66. The maximum absolute atomic E-state index is 12.4. The van der Waals surface area contributed by atoms with Crippen LogP contribution in [0.25, 0.3) is 0 Å². The molecule has 1 aromatic rings. The molecule has 1 heterocycles. The van der Waals surface area contributed by atoms with Gasteiger partial charge in [0.25, 0.3) is 0 Å². The molecule has 7 nitrogen and oxygen atoms in total. The number of rotatable bonds is 10. The van der Waals surface area contributed by atoms with Crippen molar-refractivity contribution in [3.05, 3.63) is 24.3 Å². The van der Waals surface area contributed by atoms with Crippen molar-refractivity contribution in [2.75, 3.05) is 16.8 Å². The van der Waals surface area contributed by atoms with Crippen molar-refractivity contribution >= 4 is 31.5 Å². The Hall–Kier alpha value is -1.45. The fourth-order valence-corrected chi connectivity index (χ4v) is 6.05. The predicted molar refractivity (Wildman–Crippen MR) is 106 cm³/mol. The van der Waals surface area contributed by atoms with Crippen LogP contribution in [-0.4, -0.2) is 40.3 Å².